The highest BCUT2D eigenvalue weighted by Gasteiger charge is 2.19. The summed E-state index contributed by atoms with van der Waals surface area (Å²) in [7, 11) is 0. The summed E-state index contributed by atoms with van der Waals surface area (Å²) in [5, 5.41) is 3.61. The minimum Gasteiger partial charge on any atom is -0.312 e. The molecule has 0 aromatic rings. The molecular formula is C15H31N. The van der Waals surface area contributed by atoms with E-state index < -0.39 is 0 Å². The summed E-state index contributed by atoms with van der Waals surface area (Å²) < 4.78 is 0. The van der Waals surface area contributed by atoms with Crippen molar-refractivity contribution in [3.05, 3.63) is 0 Å². The van der Waals surface area contributed by atoms with Crippen molar-refractivity contribution in [2.45, 2.75) is 78.2 Å². The summed E-state index contributed by atoms with van der Waals surface area (Å²) in [5.74, 6) is 1.91. The summed E-state index contributed by atoms with van der Waals surface area (Å²) >= 11 is 0. The van der Waals surface area contributed by atoms with Gasteiger partial charge >= 0.3 is 0 Å². The highest BCUT2D eigenvalue weighted by molar-refractivity contribution is 4.74. The molecule has 0 aromatic heterocycles. The summed E-state index contributed by atoms with van der Waals surface area (Å²) in [6.07, 6.45) is 10.2. The molecule has 0 saturated heterocycles. The van der Waals surface area contributed by atoms with Crippen molar-refractivity contribution in [1.82, 2.24) is 5.32 Å². The van der Waals surface area contributed by atoms with Gasteiger partial charge in [0.2, 0.25) is 0 Å². The number of rotatable bonds is 4. The predicted octanol–water partition coefficient (Wildman–Crippen LogP) is 4.37. The average molecular weight is 225 g/mol. The van der Waals surface area contributed by atoms with Crippen LogP contribution in [0.1, 0.15) is 72.6 Å². The van der Waals surface area contributed by atoms with Crippen molar-refractivity contribution in [2.75, 3.05) is 6.54 Å². The lowest BCUT2D eigenvalue weighted by molar-refractivity contribution is 0.288. The molecule has 1 aliphatic rings. The Hall–Kier alpha value is -0.0400. The van der Waals surface area contributed by atoms with Crippen LogP contribution >= 0.6 is 0 Å². The Balaban J connectivity index is 2.20. The highest BCUT2D eigenvalue weighted by atomic mass is 14.9. The molecule has 0 aromatic carbocycles. The zero-order chi connectivity index (χ0) is 12.0. The third kappa shape index (κ3) is 5.89. The Morgan fingerprint density at radius 3 is 2.12 bits per heavy atom. The summed E-state index contributed by atoms with van der Waals surface area (Å²) in [6, 6.07) is 0. The van der Waals surface area contributed by atoms with Crippen LogP contribution in [0.2, 0.25) is 0 Å². The fraction of sp³-hybridized carbons (Fsp3) is 1.00. The maximum absolute atomic E-state index is 3.61. The van der Waals surface area contributed by atoms with E-state index in [1.807, 2.05) is 0 Å². The molecule has 96 valence electrons. The zero-order valence-corrected chi connectivity index (χ0v) is 11.8. The van der Waals surface area contributed by atoms with E-state index in [1.165, 1.54) is 51.5 Å². The Bertz CT molecular complexity index is 172. The van der Waals surface area contributed by atoms with Gasteiger partial charge < -0.3 is 5.32 Å². The Kier molecular flexibility index (Phi) is 5.82. The first-order valence-corrected chi connectivity index (χ1v) is 7.24. The van der Waals surface area contributed by atoms with Gasteiger partial charge in [-0.1, -0.05) is 45.4 Å². The van der Waals surface area contributed by atoms with Crippen molar-refractivity contribution in [3.63, 3.8) is 0 Å². The molecule has 0 radical (unpaired) electrons. The van der Waals surface area contributed by atoms with Gasteiger partial charge in [-0.25, -0.2) is 0 Å². The van der Waals surface area contributed by atoms with E-state index in [0.717, 1.165) is 11.8 Å². The Morgan fingerprint density at radius 2 is 1.62 bits per heavy atom. The van der Waals surface area contributed by atoms with Crippen LogP contribution in [0.5, 0.6) is 0 Å². The topological polar surface area (TPSA) is 12.0 Å². The van der Waals surface area contributed by atoms with Gasteiger partial charge in [0.1, 0.15) is 0 Å². The minimum atomic E-state index is 0.281. The van der Waals surface area contributed by atoms with E-state index in [9.17, 15) is 0 Å². The predicted molar refractivity (Wildman–Crippen MR) is 72.7 cm³/mol. The molecule has 1 atom stereocenters. The quantitative estimate of drug-likeness (QED) is 0.701. The number of nitrogens with one attached hydrogen (secondary N) is 1. The molecule has 1 unspecified atom stereocenters. The molecule has 1 N–H and O–H groups in total. The smallest absolute Gasteiger partial charge is 0.00965 e. The van der Waals surface area contributed by atoms with E-state index >= 15 is 0 Å². The summed E-state index contributed by atoms with van der Waals surface area (Å²) in [4.78, 5) is 0. The van der Waals surface area contributed by atoms with Crippen molar-refractivity contribution >= 4 is 0 Å². The third-order valence-corrected chi connectivity index (χ3v) is 3.96. The van der Waals surface area contributed by atoms with Gasteiger partial charge in [-0.05, 0) is 45.6 Å². The van der Waals surface area contributed by atoms with Crippen molar-refractivity contribution < 1.29 is 0 Å². The van der Waals surface area contributed by atoms with Crippen LogP contribution in [0, 0.1) is 11.8 Å². The van der Waals surface area contributed by atoms with Gasteiger partial charge in [0.05, 0.1) is 0 Å². The fourth-order valence-corrected chi connectivity index (χ4v) is 2.79. The molecule has 1 aliphatic carbocycles. The van der Waals surface area contributed by atoms with Crippen LogP contribution in [0.4, 0.5) is 0 Å². The van der Waals surface area contributed by atoms with Gasteiger partial charge in [-0.3, -0.25) is 0 Å². The second-order valence-electron chi connectivity index (χ2n) is 6.69. The lowest BCUT2D eigenvalue weighted by Crippen LogP contribution is -2.37. The van der Waals surface area contributed by atoms with E-state index in [-0.39, 0.29) is 5.54 Å². The fourth-order valence-electron chi connectivity index (χ4n) is 2.79. The maximum atomic E-state index is 3.61. The minimum absolute atomic E-state index is 0.281. The highest BCUT2D eigenvalue weighted by Crippen LogP contribution is 2.30. The molecule has 0 spiro atoms. The molecule has 0 amide bonds. The monoisotopic (exact) mass is 225 g/mol. The van der Waals surface area contributed by atoms with Gasteiger partial charge in [-0.15, -0.1) is 0 Å². The molecule has 0 bridgehead atoms. The van der Waals surface area contributed by atoms with Gasteiger partial charge in [-0.2, -0.15) is 0 Å². The summed E-state index contributed by atoms with van der Waals surface area (Å²) in [5.41, 5.74) is 0.281. The largest absolute Gasteiger partial charge is 0.312 e. The summed E-state index contributed by atoms with van der Waals surface area (Å²) in [6.45, 7) is 10.4. The number of hydrogen-bond acceptors (Lipinski definition) is 1. The molecular weight excluding hydrogens is 194 g/mol. The molecule has 0 heterocycles. The molecule has 1 saturated carbocycles. The molecule has 1 heteroatoms. The lowest BCUT2D eigenvalue weighted by atomic mass is 9.85. The standard InChI is InChI=1S/C15H31N/c1-13(11-12-16-15(2,3)4)14-9-7-5-6-8-10-14/h13-14,16H,5-12H2,1-4H3. The normalized spacial score (nSPS) is 21.8. The molecule has 1 rings (SSSR count). The second kappa shape index (κ2) is 6.64. The Labute approximate surface area is 102 Å². The second-order valence-corrected chi connectivity index (χ2v) is 6.69. The van der Waals surface area contributed by atoms with E-state index in [0.29, 0.717) is 0 Å². The van der Waals surface area contributed by atoms with Gasteiger partial charge in [0, 0.05) is 5.54 Å². The van der Waals surface area contributed by atoms with Crippen molar-refractivity contribution in [1.29, 1.82) is 0 Å². The number of hydrogen-bond donors (Lipinski definition) is 1. The maximum Gasteiger partial charge on any atom is 0.00965 e. The third-order valence-electron chi connectivity index (χ3n) is 3.96. The first-order chi connectivity index (χ1) is 7.49. The van der Waals surface area contributed by atoms with Gasteiger partial charge in [0.25, 0.3) is 0 Å². The SMILES string of the molecule is CC(CCNC(C)(C)C)C1CCCCCC1. The van der Waals surface area contributed by atoms with Crippen LogP contribution in [-0.4, -0.2) is 12.1 Å². The Morgan fingerprint density at radius 1 is 1.06 bits per heavy atom. The van der Waals surface area contributed by atoms with Crippen LogP contribution in [0.15, 0.2) is 0 Å². The first-order valence-electron chi connectivity index (χ1n) is 7.24. The van der Waals surface area contributed by atoms with E-state index in [4.69, 9.17) is 0 Å². The lowest BCUT2D eigenvalue weighted by Gasteiger charge is -2.25. The molecule has 16 heavy (non-hydrogen) atoms. The molecule has 1 nitrogen and oxygen atoms in total. The molecule has 0 aliphatic heterocycles. The van der Waals surface area contributed by atoms with E-state index in [2.05, 4.69) is 33.0 Å². The van der Waals surface area contributed by atoms with Gasteiger partial charge in [0.15, 0.2) is 0 Å². The van der Waals surface area contributed by atoms with Crippen LogP contribution in [0.3, 0.4) is 0 Å². The first kappa shape index (κ1) is 14.0. The average Bonchev–Trinajstić information content (AvgIpc) is 2.43. The van der Waals surface area contributed by atoms with Crippen LogP contribution < -0.4 is 5.32 Å². The molecule has 1 fully saturated rings. The van der Waals surface area contributed by atoms with Crippen molar-refractivity contribution in [2.24, 2.45) is 11.8 Å². The van der Waals surface area contributed by atoms with Crippen LogP contribution in [0.25, 0.3) is 0 Å². The van der Waals surface area contributed by atoms with Crippen LogP contribution in [-0.2, 0) is 0 Å². The van der Waals surface area contributed by atoms with Crippen molar-refractivity contribution in [3.8, 4) is 0 Å². The van der Waals surface area contributed by atoms with E-state index in [1.54, 1.807) is 0 Å². The zero-order valence-electron chi connectivity index (χ0n) is 11.8.